The molecule has 2 aromatic heterocycles. The molecule has 0 radical (unpaired) electrons. The van der Waals surface area contributed by atoms with Crippen LogP contribution in [0.15, 0.2) is 101 Å². The van der Waals surface area contributed by atoms with Crippen molar-refractivity contribution in [2.24, 2.45) is 0 Å². The van der Waals surface area contributed by atoms with E-state index in [9.17, 15) is 21.6 Å². The molecular formula is C30H26N4O5S3. The largest absolute Gasteiger partial charge is 0.279 e. The number of hydrogen-bond donors (Lipinski definition) is 0. The Labute approximate surface area is 248 Å². The normalized spacial score (nSPS) is 14.0. The van der Waals surface area contributed by atoms with Crippen molar-refractivity contribution in [3.8, 4) is 0 Å². The number of thiazole rings is 1. The van der Waals surface area contributed by atoms with E-state index >= 15 is 0 Å². The molecular weight excluding hydrogens is 593 g/mol. The number of rotatable bonds is 7. The Morgan fingerprint density at radius 2 is 1.67 bits per heavy atom. The van der Waals surface area contributed by atoms with Crippen molar-refractivity contribution < 1.29 is 21.6 Å². The molecule has 0 atom stereocenters. The number of carbonyl (C=O) groups excluding carboxylic acids is 1. The molecule has 0 aliphatic carbocycles. The first-order chi connectivity index (χ1) is 20.1. The molecule has 0 fully saturated rings. The lowest BCUT2D eigenvalue weighted by Gasteiger charge is -2.28. The Morgan fingerprint density at radius 1 is 0.929 bits per heavy atom. The minimum absolute atomic E-state index is 0.116. The Balaban J connectivity index is 1.31. The number of hydrogen-bond acceptors (Lipinski definition) is 8. The minimum Gasteiger partial charge on any atom is -0.279 e. The van der Waals surface area contributed by atoms with E-state index in [0.717, 1.165) is 22.9 Å². The van der Waals surface area contributed by atoms with Crippen molar-refractivity contribution in [1.29, 1.82) is 0 Å². The fraction of sp³-hybridized carbons (Fsp3) is 0.167. The van der Waals surface area contributed by atoms with E-state index in [-0.39, 0.29) is 27.8 Å². The highest BCUT2D eigenvalue weighted by Crippen LogP contribution is 2.33. The van der Waals surface area contributed by atoms with Crippen LogP contribution in [0.25, 0.3) is 10.2 Å². The van der Waals surface area contributed by atoms with Gasteiger partial charge in [0.15, 0.2) is 15.0 Å². The number of anilines is 1. The highest BCUT2D eigenvalue weighted by atomic mass is 32.2. The van der Waals surface area contributed by atoms with Crippen molar-refractivity contribution in [1.82, 2.24) is 14.3 Å². The van der Waals surface area contributed by atoms with Gasteiger partial charge < -0.3 is 0 Å². The van der Waals surface area contributed by atoms with E-state index in [1.54, 1.807) is 30.6 Å². The van der Waals surface area contributed by atoms with E-state index in [1.807, 2.05) is 30.3 Å². The summed E-state index contributed by atoms with van der Waals surface area (Å²) in [6, 6.07) is 22.1. The highest BCUT2D eigenvalue weighted by Gasteiger charge is 2.29. The van der Waals surface area contributed by atoms with E-state index in [1.165, 1.54) is 50.9 Å². The summed E-state index contributed by atoms with van der Waals surface area (Å²) in [6.45, 7) is 0.854. The quantitative estimate of drug-likeness (QED) is 0.260. The van der Waals surface area contributed by atoms with E-state index in [2.05, 4.69) is 9.97 Å². The van der Waals surface area contributed by atoms with Crippen LogP contribution < -0.4 is 4.90 Å². The maximum atomic E-state index is 13.9. The summed E-state index contributed by atoms with van der Waals surface area (Å²) in [4.78, 5) is 24.4. The average Bonchev–Trinajstić information content (AvgIpc) is 3.43. The molecule has 5 aromatic rings. The number of aromatic nitrogens is 2. The Kier molecular flexibility index (Phi) is 7.39. The third-order valence-electron chi connectivity index (χ3n) is 7.15. The van der Waals surface area contributed by atoms with Gasteiger partial charge in [0.1, 0.15) is 0 Å². The van der Waals surface area contributed by atoms with Crippen LogP contribution >= 0.6 is 11.3 Å². The van der Waals surface area contributed by atoms with Gasteiger partial charge in [0.05, 0.1) is 26.6 Å². The summed E-state index contributed by atoms with van der Waals surface area (Å²) in [5.41, 5.74) is 3.77. The van der Waals surface area contributed by atoms with Crippen LogP contribution in [-0.2, 0) is 39.4 Å². The zero-order valence-electron chi connectivity index (χ0n) is 22.5. The Hall–Kier alpha value is -3.97. The number of fused-ring (bicyclic) bond motifs is 2. The van der Waals surface area contributed by atoms with E-state index in [0.29, 0.717) is 34.9 Å². The van der Waals surface area contributed by atoms with Crippen LogP contribution in [0.3, 0.4) is 0 Å². The molecule has 0 spiro atoms. The molecule has 1 aliphatic rings. The number of pyridine rings is 1. The van der Waals surface area contributed by atoms with Crippen LogP contribution in [0, 0.1) is 0 Å². The zero-order chi connectivity index (χ0) is 29.5. The van der Waals surface area contributed by atoms with Gasteiger partial charge in [0, 0.05) is 37.3 Å². The predicted molar refractivity (Wildman–Crippen MR) is 162 cm³/mol. The third kappa shape index (κ3) is 5.58. The zero-order valence-corrected chi connectivity index (χ0v) is 25.0. The maximum Gasteiger partial charge on any atom is 0.260 e. The Morgan fingerprint density at radius 3 is 2.38 bits per heavy atom. The summed E-state index contributed by atoms with van der Waals surface area (Å²) in [5.74, 6) is -0.378. The van der Waals surface area contributed by atoms with Crippen molar-refractivity contribution in [3.63, 3.8) is 0 Å². The van der Waals surface area contributed by atoms with Crippen LogP contribution in [0.4, 0.5) is 5.13 Å². The molecule has 3 aromatic carbocycles. The number of sulfonamides is 1. The molecule has 6 rings (SSSR count). The molecule has 0 unspecified atom stereocenters. The lowest BCUT2D eigenvalue weighted by molar-refractivity contribution is 0.0985. The van der Waals surface area contributed by atoms with Gasteiger partial charge in [-0.25, -0.2) is 21.8 Å². The summed E-state index contributed by atoms with van der Waals surface area (Å²) < 4.78 is 53.1. The molecule has 0 N–H and O–H groups in total. The number of sulfone groups is 1. The molecule has 9 nitrogen and oxygen atoms in total. The summed E-state index contributed by atoms with van der Waals surface area (Å²) in [5, 5.41) is 0.383. The fourth-order valence-corrected chi connectivity index (χ4v) is 8.03. The Bertz CT molecular complexity index is 2010. The first-order valence-corrected chi connectivity index (χ1v) is 17.2. The number of carbonyl (C=O) groups is 1. The smallest absolute Gasteiger partial charge is 0.260 e. The molecule has 12 heteroatoms. The van der Waals surface area contributed by atoms with Gasteiger partial charge in [0.2, 0.25) is 10.0 Å². The summed E-state index contributed by atoms with van der Waals surface area (Å²) in [7, 11) is -7.18. The van der Waals surface area contributed by atoms with Crippen LogP contribution in [0.5, 0.6) is 0 Å². The first-order valence-electron chi connectivity index (χ1n) is 13.1. The van der Waals surface area contributed by atoms with Crippen LogP contribution in [0.1, 0.15) is 27.0 Å². The number of nitrogens with zero attached hydrogens (tertiary/aromatic N) is 4. The van der Waals surface area contributed by atoms with Crippen molar-refractivity contribution in [2.45, 2.75) is 29.3 Å². The number of benzene rings is 3. The molecule has 0 saturated carbocycles. The maximum absolute atomic E-state index is 13.9. The van der Waals surface area contributed by atoms with Gasteiger partial charge in [-0.3, -0.25) is 14.7 Å². The second kappa shape index (κ2) is 11.0. The predicted octanol–water partition coefficient (Wildman–Crippen LogP) is 4.69. The molecule has 214 valence electrons. The monoisotopic (exact) mass is 618 g/mol. The SMILES string of the molecule is CS(=O)(=O)c1ccc2nc(N(Cc3cccnc3)C(=O)c3ccc(S(=O)(=O)N4CCc5ccccc5C4)cc3)sc2c1. The fourth-order valence-electron chi connectivity index (χ4n) is 4.89. The van der Waals surface area contributed by atoms with Crippen molar-refractivity contribution >= 4 is 52.5 Å². The van der Waals surface area contributed by atoms with Gasteiger partial charge in [0.25, 0.3) is 5.91 Å². The minimum atomic E-state index is -3.76. The van der Waals surface area contributed by atoms with Gasteiger partial charge >= 0.3 is 0 Å². The van der Waals surface area contributed by atoms with Gasteiger partial charge in [-0.2, -0.15) is 4.31 Å². The van der Waals surface area contributed by atoms with Gasteiger partial charge in [-0.1, -0.05) is 41.7 Å². The molecule has 1 amide bonds. The van der Waals surface area contributed by atoms with Crippen LogP contribution in [-0.4, -0.2) is 49.8 Å². The molecule has 0 saturated heterocycles. The van der Waals surface area contributed by atoms with Crippen molar-refractivity contribution in [3.05, 3.63) is 114 Å². The first kappa shape index (κ1) is 28.2. The van der Waals surface area contributed by atoms with Crippen molar-refractivity contribution in [2.75, 3.05) is 17.7 Å². The lowest BCUT2D eigenvalue weighted by atomic mass is 10.0. The molecule has 3 heterocycles. The lowest BCUT2D eigenvalue weighted by Crippen LogP contribution is -2.36. The average molecular weight is 619 g/mol. The second-order valence-corrected chi connectivity index (χ2v) is 15.0. The molecule has 0 bridgehead atoms. The number of amides is 1. The van der Waals surface area contributed by atoms with E-state index < -0.39 is 19.9 Å². The summed E-state index contributed by atoms with van der Waals surface area (Å²) in [6.07, 6.45) is 5.08. The third-order valence-corrected chi connectivity index (χ3v) is 11.2. The molecule has 1 aliphatic heterocycles. The summed E-state index contributed by atoms with van der Waals surface area (Å²) >= 11 is 1.21. The second-order valence-electron chi connectivity index (χ2n) is 10.0. The van der Waals surface area contributed by atoms with E-state index in [4.69, 9.17) is 0 Å². The van der Waals surface area contributed by atoms with Crippen LogP contribution in [0.2, 0.25) is 0 Å². The molecule has 42 heavy (non-hydrogen) atoms. The topological polar surface area (TPSA) is 118 Å². The van der Waals surface area contributed by atoms with Gasteiger partial charge in [-0.15, -0.1) is 0 Å². The standard InChI is InChI=1S/C30H26N4O5S3/c1-41(36,37)26-12-13-27-28(17-26)40-30(32-27)34(19-21-5-4-15-31-18-21)29(35)23-8-10-25(11-9-23)42(38,39)33-16-14-22-6-2-3-7-24(22)20-33/h2-13,15,17-18H,14,16,19-20H2,1H3. The highest BCUT2D eigenvalue weighted by molar-refractivity contribution is 7.90. The van der Waals surface area contributed by atoms with Gasteiger partial charge in [-0.05, 0) is 71.6 Å².